The molecule has 0 spiro atoms. The lowest BCUT2D eigenvalue weighted by Crippen LogP contribution is -2.11. The van der Waals surface area contributed by atoms with Crippen LogP contribution < -0.4 is 0 Å². The Morgan fingerprint density at radius 2 is 2.08 bits per heavy atom. The normalized spacial score (nSPS) is 11.7. The molecule has 0 atom stereocenters. The van der Waals surface area contributed by atoms with Crippen LogP contribution in [0.2, 0.25) is 0 Å². The topological polar surface area (TPSA) is 50.2 Å². The maximum atomic E-state index is 12.1. The van der Waals surface area contributed by atoms with Crippen LogP contribution in [0.15, 0.2) is 0 Å². The molecule has 3 nitrogen and oxygen atoms in total. The molecule has 1 N–H and O–H groups in total. The lowest BCUT2D eigenvalue weighted by atomic mass is 10.3. The van der Waals surface area contributed by atoms with Gasteiger partial charge in [-0.25, -0.2) is 9.78 Å². The van der Waals surface area contributed by atoms with Gasteiger partial charge in [-0.2, -0.15) is 13.2 Å². The van der Waals surface area contributed by atoms with Crippen molar-refractivity contribution in [2.75, 3.05) is 0 Å². The predicted molar refractivity (Wildman–Crippen MR) is 46.8 cm³/mol. The highest BCUT2D eigenvalue weighted by Gasteiger charge is 2.39. The second kappa shape index (κ2) is 3.40. The van der Waals surface area contributed by atoms with Crippen molar-refractivity contribution in [2.45, 2.75) is 6.18 Å². The Morgan fingerprint density at radius 3 is 2.38 bits per heavy atom. The number of hydrogen-bond acceptors (Lipinski definition) is 3. The second-order valence-electron chi connectivity index (χ2n) is 1.95. The summed E-state index contributed by atoms with van der Waals surface area (Å²) in [6, 6.07) is 0. The minimum absolute atomic E-state index is 0.0577. The highest BCUT2D eigenvalue weighted by molar-refractivity contribution is 14.1. The first-order valence-corrected chi connectivity index (χ1v) is 4.68. The highest BCUT2D eigenvalue weighted by Crippen LogP contribution is 2.34. The average Bonchev–Trinajstić information content (AvgIpc) is 2.29. The van der Waals surface area contributed by atoms with Crippen LogP contribution in [-0.2, 0) is 6.18 Å². The van der Waals surface area contributed by atoms with Crippen molar-refractivity contribution < 1.29 is 23.1 Å². The summed E-state index contributed by atoms with van der Waals surface area (Å²) in [5.41, 5.74) is -1.32. The van der Waals surface area contributed by atoms with Crippen LogP contribution in [0.4, 0.5) is 13.2 Å². The smallest absolute Gasteiger partial charge is 0.435 e. The Hall–Kier alpha value is -0.380. The summed E-state index contributed by atoms with van der Waals surface area (Å²) >= 11 is 2.05. The Morgan fingerprint density at radius 1 is 1.54 bits per heavy atom. The van der Waals surface area contributed by atoms with E-state index in [-0.39, 0.29) is 3.01 Å². The van der Waals surface area contributed by atoms with Crippen LogP contribution in [0.25, 0.3) is 0 Å². The molecule has 0 saturated heterocycles. The molecule has 0 unspecified atom stereocenters. The van der Waals surface area contributed by atoms with Gasteiger partial charge in [0.15, 0.2) is 8.71 Å². The third-order valence-corrected chi connectivity index (χ3v) is 2.80. The number of halogens is 4. The Kier molecular flexibility index (Phi) is 2.80. The van der Waals surface area contributed by atoms with Crippen LogP contribution in [0.3, 0.4) is 0 Å². The molecule has 1 rings (SSSR count). The molecule has 0 aliphatic carbocycles. The molecule has 13 heavy (non-hydrogen) atoms. The number of aromatic carboxylic acids is 1. The van der Waals surface area contributed by atoms with Gasteiger partial charge in [0.05, 0.1) is 0 Å². The summed E-state index contributed by atoms with van der Waals surface area (Å²) in [5.74, 6) is -1.60. The number of hydrogen-bond donors (Lipinski definition) is 1. The summed E-state index contributed by atoms with van der Waals surface area (Å²) in [6.45, 7) is 0. The first kappa shape index (κ1) is 10.7. The molecule has 0 aliphatic heterocycles. The number of aromatic nitrogens is 1. The SMILES string of the molecule is O=C(O)c1sc(I)nc1C(F)(F)F. The average molecular weight is 323 g/mol. The van der Waals surface area contributed by atoms with E-state index in [1.165, 1.54) is 0 Å². The van der Waals surface area contributed by atoms with Gasteiger partial charge in [-0.15, -0.1) is 11.3 Å². The summed E-state index contributed by atoms with van der Waals surface area (Å²) < 4.78 is 36.4. The number of carboxylic acid groups (broad SMARTS) is 1. The molecule has 1 aromatic heterocycles. The van der Waals surface area contributed by atoms with Gasteiger partial charge in [0.25, 0.3) is 0 Å². The van der Waals surface area contributed by atoms with E-state index in [0.29, 0.717) is 11.3 Å². The van der Waals surface area contributed by atoms with Crippen LogP contribution in [0, 0.1) is 3.01 Å². The van der Waals surface area contributed by atoms with Crippen LogP contribution in [-0.4, -0.2) is 16.1 Å². The largest absolute Gasteiger partial charge is 0.477 e. The quantitative estimate of drug-likeness (QED) is 0.808. The Labute approximate surface area is 87.7 Å². The van der Waals surface area contributed by atoms with E-state index in [4.69, 9.17) is 5.11 Å². The monoisotopic (exact) mass is 323 g/mol. The Bertz CT molecular complexity index is 348. The summed E-state index contributed by atoms with van der Waals surface area (Å²) in [7, 11) is 0. The third-order valence-electron chi connectivity index (χ3n) is 1.06. The lowest BCUT2D eigenvalue weighted by molar-refractivity contribution is -0.141. The molecule has 0 saturated carbocycles. The second-order valence-corrected chi connectivity index (χ2v) is 4.70. The minimum atomic E-state index is -4.70. The molecule has 0 bridgehead atoms. The van der Waals surface area contributed by atoms with E-state index in [1.807, 2.05) is 0 Å². The standard InChI is InChI=1S/C5HF3INO2S/c6-5(7,8)2-1(3(11)12)13-4(9)10-2/h(H,11,12). The maximum Gasteiger partial charge on any atom is 0.435 e. The van der Waals surface area contributed by atoms with Crippen molar-refractivity contribution in [1.82, 2.24) is 4.98 Å². The zero-order valence-electron chi connectivity index (χ0n) is 5.72. The predicted octanol–water partition coefficient (Wildman–Crippen LogP) is 2.46. The number of carbonyl (C=O) groups is 1. The molecule has 0 radical (unpaired) electrons. The fourth-order valence-corrected chi connectivity index (χ4v) is 2.18. The molecule has 0 aliphatic rings. The number of carboxylic acids is 1. The van der Waals surface area contributed by atoms with E-state index >= 15 is 0 Å². The highest BCUT2D eigenvalue weighted by atomic mass is 127. The molecular weight excluding hydrogens is 322 g/mol. The number of thiazole rings is 1. The molecule has 0 aromatic carbocycles. The molecule has 1 heterocycles. The van der Waals surface area contributed by atoms with Crippen molar-refractivity contribution in [2.24, 2.45) is 0 Å². The van der Waals surface area contributed by atoms with Gasteiger partial charge in [-0.3, -0.25) is 0 Å². The van der Waals surface area contributed by atoms with Gasteiger partial charge < -0.3 is 5.11 Å². The van der Waals surface area contributed by atoms with Crippen LogP contribution in [0.1, 0.15) is 15.4 Å². The summed E-state index contributed by atoms with van der Waals surface area (Å²) in [4.78, 5) is 12.7. The molecule has 0 amide bonds. The van der Waals surface area contributed by atoms with Gasteiger partial charge in [0.2, 0.25) is 0 Å². The zero-order valence-corrected chi connectivity index (χ0v) is 8.70. The number of nitrogens with zero attached hydrogens (tertiary/aromatic N) is 1. The van der Waals surface area contributed by atoms with E-state index in [0.717, 1.165) is 0 Å². The van der Waals surface area contributed by atoms with Gasteiger partial charge in [-0.05, 0) is 22.6 Å². The summed E-state index contributed by atoms with van der Waals surface area (Å²) in [6.07, 6.45) is -4.70. The van der Waals surface area contributed by atoms with E-state index in [2.05, 4.69) is 4.98 Å². The maximum absolute atomic E-state index is 12.1. The fourth-order valence-electron chi connectivity index (χ4n) is 0.631. The number of alkyl halides is 3. The molecule has 72 valence electrons. The zero-order chi connectivity index (χ0) is 10.2. The molecular formula is C5HF3INO2S. The summed E-state index contributed by atoms with van der Waals surface area (Å²) in [5, 5.41) is 8.41. The van der Waals surface area contributed by atoms with Crippen molar-refractivity contribution in [3.8, 4) is 0 Å². The first-order valence-electron chi connectivity index (χ1n) is 2.79. The lowest BCUT2D eigenvalue weighted by Gasteiger charge is -2.02. The van der Waals surface area contributed by atoms with Gasteiger partial charge >= 0.3 is 12.1 Å². The van der Waals surface area contributed by atoms with Crippen LogP contribution >= 0.6 is 33.9 Å². The van der Waals surface area contributed by atoms with Crippen LogP contribution in [0.5, 0.6) is 0 Å². The third kappa shape index (κ3) is 2.30. The molecule has 0 fully saturated rings. The van der Waals surface area contributed by atoms with Gasteiger partial charge in [0, 0.05) is 0 Å². The molecule has 1 aromatic rings. The number of rotatable bonds is 1. The fraction of sp³-hybridized carbons (Fsp3) is 0.200. The minimum Gasteiger partial charge on any atom is -0.477 e. The van der Waals surface area contributed by atoms with E-state index in [9.17, 15) is 18.0 Å². The van der Waals surface area contributed by atoms with Crippen molar-refractivity contribution in [3.05, 3.63) is 13.6 Å². The van der Waals surface area contributed by atoms with E-state index < -0.39 is 22.7 Å². The van der Waals surface area contributed by atoms with E-state index in [1.54, 1.807) is 22.6 Å². The first-order chi connectivity index (χ1) is 5.82. The van der Waals surface area contributed by atoms with Gasteiger partial charge in [0.1, 0.15) is 4.88 Å². The molecule has 8 heteroatoms. The van der Waals surface area contributed by atoms with Gasteiger partial charge in [-0.1, -0.05) is 0 Å². The van der Waals surface area contributed by atoms with Crippen molar-refractivity contribution >= 4 is 39.9 Å². The van der Waals surface area contributed by atoms with Crippen molar-refractivity contribution in [1.29, 1.82) is 0 Å². The van der Waals surface area contributed by atoms with Crippen molar-refractivity contribution in [3.63, 3.8) is 0 Å². The Balaban J connectivity index is 3.28.